The topological polar surface area (TPSA) is 53.1 Å². The van der Waals surface area contributed by atoms with Gasteiger partial charge in [-0.25, -0.2) is 0 Å². The zero-order valence-electron chi connectivity index (χ0n) is 11.8. The third-order valence-electron chi connectivity index (χ3n) is 3.18. The summed E-state index contributed by atoms with van der Waals surface area (Å²) in [5, 5.41) is 4.40. The molecular formula is C15H21N3O. The fraction of sp³-hybridized carbons (Fsp3) is 0.400. The van der Waals surface area contributed by atoms with Crippen molar-refractivity contribution in [1.82, 2.24) is 9.78 Å². The predicted octanol–water partition coefficient (Wildman–Crippen LogP) is 2.58. The second-order valence-electron chi connectivity index (χ2n) is 4.75. The van der Waals surface area contributed by atoms with E-state index in [2.05, 4.69) is 18.1 Å². The third kappa shape index (κ3) is 3.35. The van der Waals surface area contributed by atoms with Crippen molar-refractivity contribution < 1.29 is 4.74 Å². The lowest BCUT2D eigenvalue weighted by Gasteiger charge is -2.09. The first-order chi connectivity index (χ1) is 9.10. The summed E-state index contributed by atoms with van der Waals surface area (Å²) < 4.78 is 7.63. The Kier molecular flexibility index (Phi) is 4.22. The highest BCUT2D eigenvalue weighted by Gasteiger charge is 2.05. The Morgan fingerprint density at radius 3 is 2.53 bits per heavy atom. The van der Waals surface area contributed by atoms with Crippen LogP contribution < -0.4 is 10.5 Å². The van der Waals surface area contributed by atoms with Crippen LogP contribution in [0.2, 0.25) is 0 Å². The molecular weight excluding hydrogens is 238 g/mol. The van der Waals surface area contributed by atoms with Gasteiger partial charge in [-0.2, -0.15) is 5.10 Å². The van der Waals surface area contributed by atoms with Crippen molar-refractivity contribution in [2.75, 3.05) is 0 Å². The number of aromatic nitrogens is 2. The van der Waals surface area contributed by atoms with Gasteiger partial charge in [0.2, 0.25) is 0 Å². The zero-order chi connectivity index (χ0) is 13.8. The predicted molar refractivity (Wildman–Crippen MR) is 76.0 cm³/mol. The summed E-state index contributed by atoms with van der Waals surface area (Å²) in [4.78, 5) is 0. The Labute approximate surface area is 114 Å². The molecule has 0 unspecified atom stereocenters. The van der Waals surface area contributed by atoms with Crippen molar-refractivity contribution in [3.8, 4) is 5.75 Å². The lowest BCUT2D eigenvalue weighted by molar-refractivity contribution is 0.295. The first kappa shape index (κ1) is 13.6. The van der Waals surface area contributed by atoms with Gasteiger partial charge in [-0.15, -0.1) is 0 Å². The minimum Gasteiger partial charge on any atom is -0.487 e. The average Bonchev–Trinajstić information content (AvgIpc) is 2.77. The normalized spacial score (nSPS) is 12.4. The number of benzene rings is 1. The van der Waals surface area contributed by atoms with E-state index in [4.69, 9.17) is 10.5 Å². The van der Waals surface area contributed by atoms with Crippen molar-refractivity contribution in [3.63, 3.8) is 0 Å². The highest BCUT2D eigenvalue weighted by atomic mass is 16.5. The fourth-order valence-corrected chi connectivity index (χ4v) is 1.90. The van der Waals surface area contributed by atoms with Crippen LogP contribution in [0.1, 0.15) is 36.8 Å². The smallest absolute Gasteiger partial charge is 0.130 e. The molecule has 0 fully saturated rings. The molecule has 1 atom stereocenters. The van der Waals surface area contributed by atoms with Gasteiger partial charge in [0.1, 0.15) is 12.4 Å². The maximum atomic E-state index is 5.81. The molecule has 0 spiro atoms. The number of nitrogens with two attached hydrogens (primary N) is 1. The van der Waals surface area contributed by atoms with Crippen molar-refractivity contribution in [3.05, 3.63) is 47.3 Å². The van der Waals surface area contributed by atoms with E-state index < -0.39 is 0 Å². The number of hydrogen-bond acceptors (Lipinski definition) is 3. The van der Waals surface area contributed by atoms with Crippen LogP contribution in [0.5, 0.6) is 5.75 Å². The molecule has 102 valence electrons. The SMILES string of the molecule is CCc1cc(COc2ccc([C@H](C)N)cc2)n(C)n1. The Morgan fingerprint density at radius 1 is 1.32 bits per heavy atom. The fourth-order valence-electron chi connectivity index (χ4n) is 1.90. The Bertz CT molecular complexity index is 529. The van der Waals surface area contributed by atoms with E-state index in [0.29, 0.717) is 6.61 Å². The molecule has 19 heavy (non-hydrogen) atoms. The zero-order valence-corrected chi connectivity index (χ0v) is 11.8. The van der Waals surface area contributed by atoms with Gasteiger partial charge in [-0.1, -0.05) is 19.1 Å². The van der Waals surface area contributed by atoms with Crippen LogP contribution in [0.3, 0.4) is 0 Å². The lowest BCUT2D eigenvalue weighted by Crippen LogP contribution is -2.05. The van der Waals surface area contributed by atoms with Gasteiger partial charge in [0, 0.05) is 13.1 Å². The Hall–Kier alpha value is -1.81. The standard InChI is InChI=1S/C15H21N3O/c1-4-13-9-14(18(3)17-13)10-19-15-7-5-12(6-8-15)11(2)16/h5-9,11H,4,10,16H2,1-3H3/t11-/m0/s1. The number of hydrogen-bond donors (Lipinski definition) is 1. The van der Waals surface area contributed by atoms with Crippen LogP contribution in [0.15, 0.2) is 30.3 Å². The Morgan fingerprint density at radius 2 is 2.00 bits per heavy atom. The van der Waals surface area contributed by atoms with E-state index in [9.17, 15) is 0 Å². The molecule has 4 heteroatoms. The summed E-state index contributed by atoms with van der Waals surface area (Å²) in [5.74, 6) is 0.851. The van der Waals surface area contributed by atoms with Gasteiger partial charge in [-0.05, 0) is 37.1 Å². The van der Waals surface area contributed by atoms with E-state index in [1.54, 1.807) is 0 Å². The van der Waals surface area contributed by atoms with E-state index in [1.165, 1.54) is 0 Å². The molecule has 0 saturated heterocycles. The van der Waals surface area contributed by atoms with Crippen LogP contribution in [0.25, 0.3) is 0 Å². The first-order valence-electron chi connectivity index (χ1n) is 6.60. The monoisotopic (exact) mass is 259 g/mol. The summed E-state index contributed by atoms with van der Waals surface area (Å²) in [6.07, 6.45) is 0.941. The summed E-state index contributed by atoms with van der Waals surface area (Å²) in [7, 11) is 1.94. The van der Waals surface area contributed by atoms with Crippen LogP contribution in [0, 0.1) is 0 Å². The van der Waals surface area contributed by atoms with Crippen molar-refractivity contribution in [2.45, 2.75) is 32.9 Å². The molecule has 1 aromatic heterocycles. The highest BCUT2D eigenvalue weighted by Crippen LogP contribution is 2.17. The van der Waals surface area contributed by atoms with Gasteiger partial charge >= 0.3 is 0 Å². The number of rotatable bonds is 5. The summed E-state index contributed by atoms with van der Waals surface area (Å²) in [6.45, 7) is 4.60. The molecule has 4 nitrogen and oxygen atoms in total. The maximum Gasteiger partial charge on any atom is 0.130 e. The quantitative estimate of drug-likeness (QED) is 0.898. The molecule has 0 saturated carbocycles. The maximum absolute atomic E-state index is 5.81. The summed E-state index contributed by atoms with van der Waals surface area (Å²) in [6, 6.07) is 10.0. The molecule has 0 radical (unpaired) electrons. The van der Waals surface area contributed by atoms with E-state index in [-0.39, 0.29) is 6.04 Å². The second kappa shape index (κ2) is 5.89. The van der Waals surface area contributed by atoms with Gasteiger partial charge in [0.25, 0.3) is 0 Å². The number of nitrogens with zero attached hydrogens (tertiary/aromatic N) is 2. The molecule has 2 rings (SSSR count). The van der Waals surface area contributed by atoms with Crippen molar-refractivity contribution in [2.24, 2.45) is 12.8 Å². The van der Waals surface area contributed by atoms with E-state index in [1.807, 2.05) is 42.9 Å². The minimum atomic E-state index is 0.0539. The van der Waals surface area contributed by atoms with Crippen LogP contribution in [0.4, 0.5) is 0 Å². The molecule has 0 bridgehead atoms. The molecule has 1 heterocycles. The first-order valence-corrected chi connectivity index (χ1v) is 6.60. The molecule has 0 aliphatic carbocycles. The van der Waals surface area contributed by atoms with Crippen LogP contribution in [-0.4, -0.2) is 9.78 Å². The molecule has 0 aliphatic rings. The van der Waals surface area contributed by atoms with Crippen LogP contribution >= 0.6 is 0 Å². The number of ether oxygens (including phenoxy) is 1. The number of aryl methyl sites for hydroxylation is 2. The lowest BCUT2D eigenvalue weighted by atomic mass is 10.1. The second-order valence-corrected chi connectivity index (χ2v) is 4.75. The summed E-state index contributed by atoms with van der Waals surface area (Å²) >= 11 is 0. The molecule has 0 amide bonds. The molecule has 2 aromatic rings. The Balaban J connectivity index is 1.99. The molecule has 1 aromatic carbocycles. The van der Waals surface area contributed by atoms with E-state index in [0.717, 1.165) is 29.1 Å². The van der Waals surface area contributed by atoms with Gasteiger partial charge in [0.05, 0.1) is 11.4 Å². The van der Waals surface area contributed by atoms with E-state index >= 15 is 0 Å². The van der Waals surface area contributed by atoms with Crippen molar-refractivity contribution in [1.29, 1.82) is 0 Å². The van der Waals surface area contributed by atoms with Crippen LogP contribution in [-0.2, 0) is 20.1 Å². The molecule has 0 aliphatic heterocycles. The average molecular weight is 259 g/mol. The van der Waals surface area contributed by atoms with Gasteiger partial charge in [-0.3, -0.25) is 4.68 Å². The van der Waals surface area contributed by atoms with Crippen molar-refractivity contribution >= 4 is 0 Å². The highest BCUT2D eigenvalue weighted by molar-refractivity contribution is 5.29. The minimum absolute atomic E-state index is 0.0539. The molecule has 2 N–H and O–H groups in total. The van der Waals surface area contributed by atoms with Gasteiger partial charge in [0.15, 0.2) is 0 Å². The van der Waals surface area contributed by atoms with Gasteiger partial charge < -0.3 is 10.5 Å². The third-order valence-corrected chi connectivity index (χ3v) is 3.18. The largest absolute Gasteiger partial charge is 0.487 e. The summed E-state index contributed by atoms with van der Waals surface area (Å²) in [5.41, 5.74) is 9.09.